The van der Waals surface area contributed by atoms with Crippen LogP contribution < -0.4 is 15.4 Å². The van der Waals surface area contributed by atoms with Gasteiger partial charge in [0.2, 0.25) is 5.91 Å². The Morgan fingerprint density at radius 3 is 2.95 bits per heavy atom. The smallest absolute Gasteiger partial charge is 0.224 e. The van der Waals surface area contributed by atoms with Crippen molar-refractivity contribution in [3.8, 4) is 5.75 Å². The van der Waals surface area contributed by atoms with E-state index < -0.39 is 0 Å². The fourth-order valence-electron chi connectivity index (χ4n) is 3.30. The van der Waals surface area contributed by atoms with E-state index in [1.54, 1.807) is 0 Å². The molecule has 2 aliphatic rings. The number of carbonyl (C=O) groups is 1. The second-order valence-electron chi connectivity index (χ2n) is 6.71. The highest BCUT2D eigenvalue weighted by Crippen LogP contribution is 2.39. The van der Waals surface area contributed by atoms with Crippen molar-refractivity contribution in [3.63, 3.8) is 0 Å². The molecule has 0 spiro atoms. The summed E-state index contributed by atoms with van der Waals surface area (Å²) in [5.74, 6) is 1.15. The standard InChI is InChI=1S/C17H24N2O2/c1-17(2)10-14(13-7-3-4-8-15(13)21-17)19-16(20)12-6-5-9-18-11-12/h3-4,7-8,12,14,18H,5-6,9-11H2,1-2H3,(H,19,20). The van der Waals surface area contributed by atoms with Gasteiger partial charge in [-0.1, -0.05) is 18.2 Å². The number of benzene rings is 1. The molecule has 1 aromatic rings. The van der Waals surface area contributed by atoms with Crippen LogP contribution in [0.5, 0.6) is 5.75 Å². The molecule has 114 valence electrons. The van der Waals surface area contributed by atoms with Crippen LogP contribution in [0.4, 0.5) is 0 Å². The van der Waals surface area contributed by atoms with Gasteiger partial charge in [0.1, 0.15) is 11.4 Å². The van der Waals surface area contributed by atoms with Gasteiger partial charge in [-0.2, -0.15) is 0 Å². The Morgan fingerprint density at radius 1 is 1.38 bits per heavy atom. The van der Waals surface area contributed by atoms with E-state index in [4.69, 9.17) is 4.74 Å². The van der Waals surface area contributed by atoms with Crippen molar-refractivity contribution in [2.75, 3.05) is 13.1 Å². The van der Waals surface area contributed by atoms with Crippen LogP contribution in [-0.2, 0) is 4.79 Å². The van der Waals surface area contributed by atoms with Crippen LogP contribution in [0.1, 0.15) is 44.7 Å². The van der Waals surface area contributed by atoms with E-state index in [-0.39, 0.29) is 23.5 Å². The summed E-state index contributed by atoms with van der Waals surface area (Å²) in [6, 6.07) is 8.05. The van der Waals surface area contributed by atoms with Crippen molar-refractivity contribution in [1.29, 1.82) is 0 Å². The molecule has 2 atom stereocenters. The Hall–Kier alpha value is -1.55. The first-order valence-corrected chi connectivity index (χ1v) is 7.84. The topological polar surface area (TPSA) is 50.4 Å². The average molecular weight is 288 g/mol. The number of hydrogen-bond acceptors (Lipinski definition) is 3. The lowest BCUT2D eigenvalue weighted by Crippen LogP contribution is -2.45. The van der Waals surface area contributed by atoms with E-state index in [2.05, 4.69) is 30.5 Å². The summed E-state index contributed by atoms with van der Waals surface area (Å²) in [5.41, 5.74) is 0.839. The predicted molar refractivity (Wildman–Crippen MR) is 82.2 cm³/mol. The van der Waals surface area contributed by atoms with Gasteiger partial charge in [0.25, 0.3) is 0 Å². The number of fused-ring (bicyclic) bond motifs is 1. The minimum atomic E-state index is -0.253. The van der Waals surface area contributed by atoms with Crippen molar-refractivity contribution < 1.29 is 9.53 Å². The number of carbonyl (C=O) groups excluding carboxylic acids is 1. The molecule has 2 N–H and O–H groups in total. The lowest BCUT2D eigenvalue weighted by Gasteiger charge is -2.38. The third kappa shape index (κ3) is 3.21. The monoisotopic (exact) mass is 288 g/mol. The van der Waals surface area contributed by atoms with Crippen molar-refractivity contribution in [2.45, 2.75) is 44.8 Å². The van der Waals surface area contributed by atoms with E-state index in [0.29, 0.717) is 0 Å². The molecule has 2 heterocycles. The zero-order valence-corrected chi connectivity index (χ0v) is 12.8. The van der Waals surface area contributed by atoms with Crippen LogP contribution in [0.25, 0.3) is 0 Å². The summed E-state index contributed by atoms with van der Waals surface area (Å²) in [4.78, 5) is 12.5. The quantitative estimate of drug-likeness (QED) is 0.878. The highest BCUT2D eigenvalue weighted by molar-refractivity contribution is 5.79. The summed E-state index contributed by atoms with van der Waals surface area (Å²) in [6.07, 6.45) is 2.86. The first-order valence-electron chi connectivity index (χ1n) is 7.84. The normalized spacial score (nSPS) is 27.3. The highest BCUT2D eigenvalue weighted by atomic mass is 16.5. The molecule has 1 amide bonds. The van der Waals surface area contributed by atoms with Gasteiger partial charge in [0.15, 0.2) is 0 Å². The minimum Gasteiger partial charge on any atom is -0.487 e. The first-order chi connectivity index (χ1) is 10.1. The molecule has 2 unspecified atom stereocenters. The van der Waals surface area contributed by atoms with Gasteiger partial charge in [-0.15, -0.1) is 0 Å². The van der Waals surface area contributed by atoms with E-state index in [0.717, 1.165) is 43.7 Å². The number of para-hydroxylation sites is 1. The van der Waals surface area contributed by atoms with Crippen molar-refractivity contribution in [2.24, 2.45) is 5.92 Å². The molecule has 21 heavy (non-hydrogen) atoms. The Kier molecular flexibility index (Phi) is 3.89. The van der Waals surface area contributed by atoms with Crippen LogP contribution in [-0.4, -0.2) is 24.6 Å². The van der Waals surface area contributed by atoms with Crippen molar-refractivity contribution >= 4 is 5.91 Å². The van der Waals surface area contributed by atoms with E-state index in [1.807, 2.05) is 18.2 Å². The Morgan fingerprint density at radius 2 is 2.19 bits per heavy atom. The van der Waals surface area contributed by atoms with Crippen LogP contribution in [0.3, 0.4) is 0 Å². The molecule has 1 aromatic carbocycles. The van der Waals surface area contributed by atoms with Gasteiger partial charge in [0, 0.05) is 18.5 Å². The largest absolute Gasteiger partial charge is 0.487 e. The highest BCUT2D eigenvalue weighted by Gasteiger charge is 2.35. The number of nitrogens with one attached hydrogen (secondary N) is 2. The second-order valence-corrected chi connectivity index (χ2v) is 6.71. The number of hydrogen-bond donors (Lipinski definition) is 2. The van der Waals surface area contributed by atoms with E-state index in [1.165, 1.54) is 0 Å². The van der Waals surface area contributed by atoms with Gasteiger partial charge in [-0.3, -0.25) is 4.79 Å². The van der Waals surface area contributed by atoms with E-state index in [9.17, 15) is 4.79 Å². The van der Waals surface area contributed by atoms with Gasteiger partial charge in [0.05, 0.1) is 12.0 Å². The molecule has 1 saturated heterocycles. The summed E-state index contributed by atoms with van der Waals surface area (Å²) in [7, 11) is 0. The molecular formula is C17H24N2O2. The third-order valence-electron chi connectivity index (χ3n) is 4.36. The molecule has 0 bridgehead atoms. The molecule has 2 aliphatic heterocycles. The molecule has 1 fully saturated rings. The minimum absolute atomic E-state index is 0.0411. The second kappa shape index (κ2) is 5.68. The van der Waals surface area contributed by atoms with Gasteiger partial charge in [-0.05, 0) is 39.3 Å². The number of amides is 1. The van der Waals surface area contributed by atoms with Crippen LogP contribution in [0.2, 0.25) is 0 Å². The maximum Gasteiger partial charge on any atom is 0.224 e. The average Bonchev–Trinajstić information content (AvgIpc) is 2.47. The Balaban J connectivity index is 1.76. The molecule has 0 saturated carbocycles. The first kappa shape index (κ1) is 14.4. The van der Waals surface area contributed by atoms with Crippen molar-refractivity contribution in [1.82, 2.24) is 10.6 Å². The molecule has 0 radical (unpaired) electrons. The van der Waals surface area contributed by atoms with Crippen molar-refractivity contribution in [3.05, 3.63) is 29.8 Å². The fourth-order valence-corrected chi connectivity index (χ4v) is 3.30. The molecule has 4 nitrogen and oxygen atoms in total. The Labute approximate surface area is 126 Å². The molecule has 0 aliphatic carbocycles. The zero-order valence-electron chi connectivity index (χ0n) is 12.8. The van der Waals surface area contributed by atoms with Crippen LogP contribution in [0, 0.1) is 5.92 Å². The number of ether oxygens (including phenoxy) is 1. The lowest BCUT2D eigenvalue weighted by atomic mass is 9.89. The van der Waals surface area contributed by atoms with Gasteiger partial charge >= 0.3 is 0 Å². The SMILES string of the molecule is CC1(C)CC(NC(=O)C2CCCNC2)c2ccccc2O1. The maximum absolute atomic E-state index is 12.5. The zero-order chi connectivity index (χ0) is 14.9. The molecule has 0 aromatic heterocycles. The lowest BCUT2D eigenvalue weighted by molar-refractivity contribution is -0.126. The number of piperidine rings is 1. The van der Waals surface area contributed by atoms with Crippen LogP contribution in [0.15, 0.2) is 24.3 Å². The molecule has 4 heteroatoms. The van der Waals surface area contributed by atoms with Gasteiger partial charge < -0.3 is 15.4 Å². The maximum atomic E-state index is 12.5. The summed E-state index contributed by atoms with van der Waals surface area (Å²) in [6.45, 7) is 5.96. The predicted octanol–water partition coefficient (Wildman–Crippen LogP) is 2.40. The van der Waals surface area contributed by atoms with Gasteiger partial charge in [-0.25, -0.2) is 0 Å². The van der Waals surface area contributed by atoms with Crippen LogP contribution >= 0.6 is 0 Å². The molecular weight excluding hydrogens is 264 g/mol. The molecule has 3 rings (SSSR count). The summed E-state index contributed by atoms with van der Waals surface area (Å²) < 4.78 is 6.01. The van der Waals surface area contributed by atoms with E-state index >= 15 is 0 Å². The number of rotatable bonds is 2. The fraction of sp³-hybridized carbons (Fsp3) is 0.588. The summed E-state index contributed by atoms with van der Waals surface area (Å²) >= 11 is 0. The summed E-state index contributed by atoms with van der Waals surface area (Å²) in [5, 5.41) is 6.54. The Bertz CT molecular complexity index is 521. The third-order valence-corrected chi connectivity index (χ3v) is 4.36.